The van der Waals surface area contributed by atoms with Crippen molar-refractivity contribution in [1.82, 2.24) is 15.3 Å². The Morgan fingerprint density at radius 3 is 3.26 bits per heavy atom. The van der Waals surface area contributed by atoms with Crippen molar-refractivity contribution < 1.29 is 4.74 Å². The van der Waals surface area contributed by atoms with Crippen LogP contribution in [0.15, 0.2) is 17.2 Å². The third kappa shape index (κ3) is 3.78. The molecule has 1 aromatic heterocycles. The SMILES string of the molecule is COC[C@H](C)N[C@H]1CCCN(c2ncc[nH]c2=O)C1. The first-order chi connectivity index (χ1) is 9.20. The van der Waals surface area contributed by atoms with Crippen LogP contribution in [0.4, 0.5) is 5.82 Å². The Morgan fingerprint density at radius 1 is 1.68 bits per heavy atom. The molecule has 0 aromatic carbocycles. The molecule has 0 amide bonds. The first kappa shape index (κ1) is 14.0. The molecule has 2 rings (SSSR count). The predicted octanol–water partition coefficient (Wildman–Crippen LogP) is 0.363. The summed E-state index contributed by atoms with van der Waals surface area (Å²) < 4.78 is 5.13. The third-order valence-corrected chi connectivity index (χ3v) is 3.35. The highest BCUT2D eigenvalue weighted by Gasteiger charge is 2.23. The van der Waals surface area contributed by atoms with E-state index in [0.717, 1.165) is 25.9 Å². The maximum absolute atomic E-state index is 11.7. The topological polar surface area (TPSA) is 70.2 Å². The number of methoxy groups -OCH3 is 1. The van der Waals surface area contributed by atoms with Crippen LogP contribution in [0.2, 0.25) is 0 Å². The Hall–Kier alpha value is -1.40. The number of hydrogen-bond acceptors (Lipinski definition) is 5. The number of H-pyrrole nitrogens is 1. The van der Waals surface area contributed by atoms with Crippen molar-refractivity contribution in [2.75, 3.05) is 31.7 Å². The van der Waals surface area contributed by atoms with Crippen LogP contribution < -0.4 is 15.8 Å². The van der Waals surface area contributed by atoms with E-state index in [1.807, 2.05) is 0 Å². The second kappa shape index (κ2) is 6.68. The Morgan fingerprint density at radius 2 is 2.53 bits per heavy atom. The molecule has 0 radical (unpaired) electrons. The Bertz CT molecular complexity index is 448. The number of hydrogen-bond donors (Lipinski definition) is 2. The third-order valence-electron chi connectivity index (χ3n) is 3.35. The minimum Gasteiger partial charge on any atom is -0.383 e. The van der Waals surface area contributed by atoms with Gasteiger partial charge in [-0.2, -0.15) is 0 Å². The summed E-state index contributed by atoms with van der Waals surface area (Å²) in [7, 11) is 1.71. The molecule has 0 aliphatic carbocycles. The summed E-state index contributed by atoms with van der Waals surface area (Å²) in [6.45, 7) is 4.50. The molecule has 2 N–H and O–H groups in total. The fourth-order valence-corrected chi connectivity index (χ4v) is 2.58. The molecule has 1 saturated heterocycles. The smallest absolute Gasteiger partial charge is 0.290 e. The molecule has 1 aliphatic heterocycles. The van der Waals surface area contributed by atoms with Gasteiger partial charge in [-0.1, -0.05) is 0 Å². The van der Waals surface area contributed by atoms with Crippen LogP contribution in [-0.4, -0.2) is 48.9 Å². The molecule has 106 valence electrons. The van der Waals surface area contributed by atoms with Crippen molar-refractivity contribution >= 4 is 5.82 Å². The predicted molar refractivity (Wildman–Crippen MR) is 74.6 cm³/mol. The van der Waals surface area contributed by atoms with Crippen molar-refractivity contribution in [2.45, 2.75) is 31.8 Å². The van der Waals surface area contributed by atoms with Gasteiger partial charge in [0.25, 0.3) is 5.56 Å². The number of piperidine rings is 1. The monoisotopic (exact) mass is 266 g/mol. The molecule has 0 bridgehead atoms. The van der Waals surface area contributed by atoms with E-state index in [-0.39, 0.29) is 5.56 Å². The van der Waals surface area contributed by atoms with Crippen molar-refractivity contribution in [3.05, 3.63) is 22.7 Å². The maximum atomic E-state index is 11.7. The summed E-state index contributed by atoms with van der Waals surface area (Å²) in [5.74, 6) is 0.522. The molecule has 1 fully saturated rings. The summed E-state index contributed by atoms with van der Waals surface area (Å²) in [5.41, 5.74) is -0.118. The number of aromatic amines is 1. The van der Waals surface area contributed by atoms with Gasteiger partial charge in [-0.15, -0.1) is 0 Å². The van der Waals surface area contributed by atoms with E-state index in [1.54, 1.807) is 19.5 Å². The Kier molecular flexibility index (Phi) is 4.93. The van der Waals surface area contributed by atoms with Crippen molar-refractivity contribution in [3.63, 3.8) is 0 Å². The average molecular weight is 266 g/mol. The average Bonchev–Trinajstić information content (AvgIpc) is 2.40. The molecule has 0 saturated carbocycles. The van der Waals surface area contributed by atoms with Gasteiger partial charge in [0, 0.05) is 44.7 Å². The lowest BCUT2D eigenvalue weighted by molar-refractivity contribution is 0.164. The number of anilines is 1. The fourth-order valence-electron chi connectivity index (χ4n) is 2.58. The lowest BCUT2D eigenvalue weighted by Crippen LogP contribution is -2.50. The van der Waals surface area contributed by atoms with E-state index in [1.165, 1.54) is 0 Å². The van der Waals surface area contributed by atoms with Crippen molar-refractivity contribution in [1.29, 1.82) is 0 Å². The maximum Gasteiger partial charge on any atom is 0.290 e. The minimum atomic E-state index is -0.118. The minimum absolute atomic E-state index is 0.118. The van der Waals surface area contributed by atoms with E-state index >= 15 is 0 Å². The second-order valence-electron chi connectivity index (χ2n) is 5.05. The van der Waals surface area contributed by atoms with Gasteiger partial charge in [0.2, 0.25) is 0 Å². The molecule has 6 heteroatoms. The molecular formula is C13H22N4O2. The zero-order valence-electron chi connectivity index (χ0n) is 11.6. The summed E-state index contributed by atoms with van der Waals surface area (Å²) in [4.78, 5) is 20.7. The van der Waals surface area contributed by atoms with Gasteiger partial charge in [-0.3, -0.25) is 4.79 Å². The van der Waals surface area contributed by atoms with E-state index in [2.05, 4.69) is 27.1 Å². The van der Waals surface area contributed by atoms with Crippen LogP contribution in [0, 0.1) is 0 Å². The summed E-state index contributed by atoms with van der Waals surface area (Å²) in [5, 5.41) is 3.53. The van der Waals surface area contributed by atoms with Gasteiger partial charge in [0.15, 0.2) is 5.82 Å². The van der Waals surface area contributed by atoms with Crippen LogP contribution in [0.5, 0.6) is 0 Å². The molecule has 2 heterocycles. The number of rotatable bonds is 5. The summed E-state index contributed by atoms with van der Waals surface area (Å²) >= 11 is 0. The number of nitrogens with one attached hydrogen (secondary N) is 2. The summed E-state index contributed by atoms with van der Waals surface area (Å²) in [6.07, 6.45) is 5.37. The lowest BCUT2D eigenvalue weighted by atomic mass is 10.0. The quantitative estimate of drug-likeness (QED) is 0.805. The Balaban J connectivity index is 1.97. The molecule has 2 atom stereocenters. The zero-order valence-corrected chi connectivity index (χ0v) is 11.6. The highest BCUT2D eigenvalue weighted by Crippen LogP contribution is 2.14. The van der Waals surface area contributed by atoms with Crippen LogP contribution in [-0.2, 0) is 4.74 Å². The van der Waals surface area contributed by atoms with Gasteiger partial charge in [-0.05, 0) is 19.8 Å². The molecule has 0 spiro atoms. The van der Waals surface area contributed by atoms with Crippen LogP contribution in [0.3, 0.4) is 0 Å². The highest BCUT2D eigenvalue weighted by atomic mass is 16.5. The number of ether oxygens (including phenoxy) is 1. The Labute approximate surface area is 113 Å². The number of aromatic nitrogens is 2. The van der Waals surface area contributed by atoms with Crippen molar-refractivity contribution in [2.24, 2.45) is 0 Å². The van der Waals surface area contributed by atoms with Gasteiger partial charge in [-0.25, -0.2) is 4.98 Å². The normalized spacial score (nSPS) is 21.4. The van der Waals surface area contributed by atoms with E-state index in [4.69, 9.17) is 4.74 Å². The molecule has 19 heavy (non-hydrogen) atoms. The number of nitrogens with zero attached hydrogens (tertiary/aromatic N) is 2. The van der Waals surface area contributed by atoms with Crippen LogP contribution >= 0.6 is 0 Å². The van der Waals surface area contributed by atoms with Crippen molar-refractivity contribution in [3.8, 4) is 0 Å². The van der Waals surface area contributed by atoms with Crippen LogP contribution in [0.25, 0.3) is 0 Å². The van der Waals surface area contributed by atoms with Gasteiger partial charge >= 0.3 is 0 Å². The van der Waals surface area contributed by atoms with Gasteiger partial charge < -0.3 is 19.9 Å². The highest BCUT2D eigenvalue weighted by molar-refractivity contribution is 5.36. The first-order valence-electron chi connectivity index (χ1n) is 6.74. The van der Waals surface area contributed by atoms with Gasteiger partial charge in [0.05, 0.1) is 6.61 Å². The zero-order chi connectivity index (χ0) is 13.7. The van der Waals surface area contributed by atoms with E-state index in [9.17, 15) is 4.79 Å². The molecule has 1 aliphatic rings. The first-order valence-corrected chi connectivity index (χ1v) is 6.74. The molecular weight excluding hydrogens is 244 g/mol. The van der Waals surface area contributed by atoms with Gasteiger partial charge in [0.1, 0.15) is 0 Å². The van der Waals surface area contributed by atoms with E-state index in [0.29, 0.717) is 24.5 Å². The molecule has 1 aromatic rings. The lowest BCUT2D eigenvalue weighted by Gasteiger charge is -2.34. The largest absolute Gasteiger partial charge is 0.383 e. The standard InChI is InChI=1S/C13H22N4O2/c1-10(9-19-2)16-11-4-3-7-17(8-11)12-13(18)15-6-5-14-12/h5-6,10-11,16H,3-4,7-9H2,1-2H3,(H,15,18)/t10-,11-/m0/s1. The van der Waals surface area contributed by atoms with Crippen LogP contribution in [0.1, 0.15) is 19.8 Å². The molecule has 6 nitrogen and oxygen atoms in total. The second-order valence-corrected chi connectivity index (χ2v) is 5.05. The fraction of sp³-hybridized carbons (Fsp3) is 0.692. The van der Waals surface area contributed by atoms with E-state index < -0.39 is 0 Å². The molecule has 0 unspecified atom stereocenters. The summed E-state index contributed by atoms with van der Waals surface area (Å²) in [6, 6.07) is 0.692.